The molecule has 28 heavy (non-hydrogen) atoms. The number of carbonyl (C=O) groups is 3. The molecule has 0 unspecified atom stereocenters. The molecule has 0 radical (unpaired) electrons. The van der Waals surface area contributed by atoms with E-state index in [1.54, 1.807) is 30.5 Å². The molecule has 1 N–H and O–H groups in total. The quantitative estimate of drug-likeness (QED) is 0.586. The molecule has 2 heterocycles. The van der Waals surface area contributed by atoms with Crippen LogP contribution in [0.4, 0.5) is 0 Å². The highest BCUT2D eigenvalue weighted by atomic mass is 32.1. The van der Waals surface area contributed by atoms with E-state index < -0.39 is 0 Å². The fourth-order valence-electron chi connectivity index (χ4n) is 2.66. The molecule has 0 atom stereocenters. The van der Waals surface area contributed by atoms with E-state index in [4.69, 9.17) is 0 Å². The molecule has 0 saturated carbocycles. The maximum absolute atomic E-state index is 12.3. The minimum absolute atomic E-state index is 0.0229. The zero-order valence-corrected chi connectivity index (χ0v) is 16.3. The summed E-state index contributed by atoms with van der Waals surface area (Å²) < 4.78 is 0. The number of rotatable bonds is 8. The Hall–Kier alpha value is -3.12. The lowest BCUT2D eigenvalue weighted by Gasteiger charge is -2.06. The van der Waals surface area contributed by atoms with Crippen LogP contribution in [0, 0.1) is 0 Å². The molecule has 5 nitrogen and oxygen atoms in total. The Bertz CT molecular complexity index is 979. The Labute approximate surface area is 167 Å². The fourth-order valence-corrected chi connectivity index (χ4v) is 3.53. The van der Waals surface area contributed by atoms with Crippen LogP contribution in [0.1, 0.15) is 54.3 Å². The molecular weight excluding hydrogens is 372 g/mol. The Morgan fingerprint density at radius 1 is 0.964 bits per heavy atom. The highest BCUT2D eigenvalue weighted by Crippen LogP contribution is 2.19. The molecule has 0 aliphatic heterocycles. The van der Waals surface area contributed by atoms with E-state index in [9.17, 15) is 14.4 Å². The van der Waals surface area contributed by atoms with Crippen molar-refractivity contribution in [1.29, 1.82) is 0 Å². The van der Waals surface area contributed by atoms with Gasteiger partial charge in [-0.05, 0) is 55.3 Å². The second-order valence-corrected chi connectivity index (χ2v) is 7.43. The van der Waals surface area contributed by atoms with Gasteiger partial charge in [0.25, 0.3) is 5.91 Å². The third-order valence-corrected chi connectivity index (χ3v) is 5.47. The summed E-state index contributed by atoms with van der Waals surface area (Å²) in [5.74, 6) is -0.167. The van der Waals surface area contributed by atoms with Gasteiger partial charge >= 0.3 is 0 Å². The van der Waals surface area contributed by atoms with Crippen LogP contribution in [-0.2, 0) is 13.0 Å². The van der Waals surface area contributed by atoms with Crippen LogP contribution < -0.4 is 5.32 Å². The number of nitrogens with zero attached hydrogens (tertiary/aromatic N) is 1. The molecule has 2 aromatic heterocycles. The minimum atomic E-state index is -0.163. The van der Waals surface area contributed by atoms with Crippen LogP contribution in [0.3, 0.4) is 0 Å². The van der Waals surface area contributed by atoms with Crippen molar-refractivity contribution < 1.29 is 14.4 Å². The zero-order valence-electron chi connectivity index (χ0n) is 15.5. The number of hydrogen-bond donors (Lipinski definition) is 1. The van der Waals surface area contributed by atoms with Crippen LogP contribution in [0.5, 0.6) is 0 Å². The Kier molecular flexibility index (Phi) is 6.45. The number of amides is 1. The van der Waals surface area contributed by atoms with Crippen molar-refractivity contribution in [1.82, 2.24) is 10.3 Å². The SMILES string of the molecule is CC(=O)c1ccc(C(=O)CCc2ccc(C(=O)NCc3ccccn3)cc2)s1. The standard InChI is InChI=1S/C22H20N2O3S/c1-15(25)20-11-12-21(28-20)19(26)10-7-16-5-8-17(9-6-16)22(27)24-14-18-4-2-3-13-23-18/h2-6,8-9,11-13H,7,10,14H2,1H3,(H,24,27). The topological polar surface area (TPSA) is 76.1 Å². The maximum Gasteiger partial charge on any atom is 0.251 e. The normalized spacial score (nSPS) is 10.5. The van der Waals surface area contributed by atoms with Gasteiger partial charge in [0.2, 0.25) is 0 Å². The molecule has 0 saturated heterocycles. The monoisotopic (exact) mass is 392 g/mol. The molecule has 3 rings (SSSR count). The van der Waals surface area contributed by atoms with Crippen molar-refractivity contribution in [3.63, 3.8) is 0 Å². The van der Waals surface area contributed by atoms with Gasteiger partial charge in [-0.2, -0.15) is 0 Å². The van der Waals surface area contributed by atoms with E-state index in [0.29, 0.717) is 34.7 Å². The molecule has 142 valence electrons. The number of carbonyl (C=O) groups excluding carboxylic acids is 3. The molecule has 0 aliphatic rings. The van der Waals surface area contributed by atoms with Gasteiger partial charge in [-0.3, -0.25) is 19.4 Å². The third-order valence-electron chi connectivity index (χ3n) is 4.24. The number of aryl methyl sites for hydroxylation is 1. The molecule has 0 aliphatic carbocycles. The number of pyridine rings is 1. The molecule has 6 heteroatoms. The number of aromatic nitrogens is 1. The van der Waals surface area contributed by atoms with Crippen LogP contribution in [0.15, 0.2) is 60.8 Å². The Morgan fingerprint density at radius 3 is 2.36 bits per heavy atom. The van der Waals surface area contributed by atoms with E-state index in [1.807, 2.05) is 30.3 Å². The van der Waals surface area contributed by atoms with Crippen molar-refractivity contribution >= 4 is 28.8 Å². The molecule has 0 spiro atoms. The lowest BCUT2D eigenvalue weighted by Crippen LogP contribution is -2.23. The second kappa shape index (κ2) is 9.19. The van der Waals surface area contributed by atoms with E-state index >= 15 is 0 Å². The summed E-state index contributed by atoms with van der Waals surface area (Å²) in [5.41, 5.74) is 2.35. The third kappa shape index (κ3) is 5.20. The van der Waals surface area contributed by atoms with Gasteiger partial charge in [0, 0.05) is 18.2 Å². The lowest BCUT2D eigenvalue weighted by atomic mass is 10.0. The summed E-state index contributed by atoms with van der Waals surface area (Å²) in [5, 5.41) is 2.84. The fraction of sp³-hybridized carbons (Fsp3) is 0.182. The number of nitrogens with one attached hydrogen (secondary N) is 1. The molecule has 0 bridgehead atoms. The van der Waals surface area contributed by atoms with Crippen molar-refractivity contribution in [3.05, 3.63) is 87.4 Å². The van der Waals surface area contributed by atoms with Gasteiger partial charge in [-0.15, -0.1) is 11.3 Å². The molecule has 1 amide bonds. The van der Waals surface area contributed by atoms with Crippen molar-refractivity contribution in [2.75, 3.05) is 0 Å². The van der Waals surface area contributed by atoms with Gasteiger partial charge in [0.1, 0.15) is 0 Å². The first-order valence-electron chi connectivity index (χ1n) is 8.94. The van der Waals surface area contributed by atoms with Crippen LogP contribution in [-0.4, -0.2) is 22.5 Å². The Morgan fingerprint density at radius 2 is 1.71 bits per heavy atom. The van der Waals surface area contributed by atoms with Gasteiger partial charge in [-0.1, -0.05) is 18.2 Å². The number of thiophene rings is 1. The molecule has 0 fully saturated rings. The zero-order chi connectivity index (χ0) is 19.9. The van der Waals surface area contributed by atoms with E-state index in [1.165, 1.54) is 18.3 Å². The first kappa shape index (κ1) is 19.6. The summed E-state index contributed by atoms with van der Waals surface area (Å²) in [7, 11) is 0. The average molecular weight is 392 g/mol. The van der Waals surface area contributed by atoms with Gasteiger partial charge < -0.3 is 5.32 Å². The molecule has 3 aromatic rings. The molecular formula is C22H20N2O3S. The van der Waals surface area contributed by atoms with E-state index in [2.05, 4.69) is 10.3 Å². The largest absolute Gasteiger partial charge is 0.346 e. The predicted octanol–water partition coefficient (Wildman–Crippen LogP) is 4.09. The second-order valence-electron chi connectivity index (χ2n) is 6.34. The van der Waals surface area contributed by atoms with E-state index in [-0.39, 0.29) is 17.5 Å². The van der Waals surface area contributed by atoms with Gasteiger partial charge in [0.05, 0.1) is 22.0 Å². The van der Waals surface area contributed by atoms with E-state index in [0.717, 1.165) is 11.3 Å². The average Bonchev–Trinajstić information content (AvgIpc) is 3.22. The summed E-state index contributed by atoms with van der Waals surface area (Å²) in [4.78, 5) is 41.2. The van der Waals surface area contributed by atoms with Crippen molar-refractivity contribution in [2.24, 2.45) is 0 Å². The Balaban J connectivity index is 1.51. The molecule has 1 aromatic carbocycles. The highest BCUT2D eigenvalue weighted by Gasteiger charge is 2.12. The van der Waals surface area contributed by atoms with Crippen LogP contribution in [0.2, 0.25) is 0 Å². The summed E-state index contributed by atoms with van der Waals surface area (Å²) in [6.45, 7) is 1.87. The lowest BCUT2D eigenvalue weighted by molar-refractivity contribution is 0.0947. The van der Waals surface area contributed by atoms with Gasteiger partial charge in [0.15, 0.2) is 11.6 Å². The number of ketones is 2. The van der Waals surface area contributed by atoms with Crippen molar-refractivity contribution in [3.8, 4) is 0 Å². The summed E-state index contributed by atoms with van der Waals surface area (Å²) >= 11 is 1.24. The first-order chi connectivity index (χ1) is 13.5. The predicted molar refractivity (Wildman–Crippen MR) is 109 cm³/mol. The van der Waals surface area contributed by atoms with Crippen molar-refractivity contribution in [2.45, 2.75) is 26.3 Å². The van der Waals surface area contributed by atoms with Crippen LogP contribution >= 0.6 is 11.3 Å². The number of hydrogen-bond acceptors (Lipinski definition) is 5. The number of Topliss-reactive ketones (excluding diaryl/α,β-unsaturated/α-hetero) is 2. The van der Waals surface area contributed by atoms with Crippen LogP contribution in [0.25, 0.3) is 0 Å². The maximum atomic E-state index is 12.3. The van der Waals surface area contributed by atoms with Gasteiger partial charge in [-0.25, -0.2) is 0 Å². The minimum Gasteiger partial charge on any atom is -0.346 e. The summed E-state index contributed by atoms with van der Waals surface area (Å²) in [6, 6.07) is 16.2. The summed E-state index contributed by atoms with van der Waals surface area (Å²) in [6.07, 6.45) is 2.64. The number of benzene rings is 1. The highest BCUT2D eigenvalue weighted by molar-refractivity contribution is 7.16. The smallest absolute Gasteiger partial charge is 0.251 e. The first-order valence-corrected chi connectivity index (χ1v) is 9.75.